The molecule has 0 aliphatic carbocycles. The van der Waals surface area contributed by atoms with Gasteiger partial charge in [-0.1, -0.05) is 29.0 Å². The van der Waals surface area contributed by atoms with Gasteiger partial charge in [0, 0.05) is 12.4 Å². The number of nitrogens with zero attached hydrogens (tertiary/aromatic N) is 6. The SMILES string of the molecule is Fc1c(Cl)cccc1-c1nnc2sc(Cn3cccn3)nn12. The van der Waals surface area contributed by atoms with Crippen molar-refractivity contribution in [2.75, 3.05) is 0 Å². The van der Waals surface area contributed by atoms with Crippen LogP contribution in [0.1, 0.15) is 5.01 Å². The highest BCUT2D eigenvalue weighted by atomic mass is 35.5. The van der Waals surface area contributed by atoms with Crippen molar-refractivity contribution in [3.63, 3.8) is 0 Å². The summed E-state index contributed by atoms with van der Waals surface area (Å²) in [6, 6.07) is 6.60. The number of hydrogen-bond donors (Lipinski definition) is 0. The van der Waals surface area contributed by atoms with Gasteiger partial charge in [-0.05, 0) is 18.2 Å². The zero-order chi connectivity index (χ0) is 15.1. The summed E-state index contributed by atoms with van der Waals surface area (Å²) >= 11 is 7.20. The lowest BCUT2D eigenvalue weighted by atomic mass is 10.2. The Kier molecular flexibility index (Phi) is 3.12. The Morgan fingerprint density at radius 3 is 2.95 bits per heavy atom. The second-order valence-electron chi connectivity index (χ2n) is 4.52. The van der Waals surface area contributed by atoms with Crippen LogP contribution in [0.25, 0.3) is 16.3 Å². The molecule has 4 rings (SSSR count). The standard InChI is InChI=1S/C13H8ClFN6S/c14-9-4-1-3-8(11(9)15)12-17-18-13-21(12)19-10(22-13)7-20-6-2-5-16-20/h1-6H,7H2. The van der Waals surface area contributed by atoms with Gasteiger partial charge in [0.2, 0.25) is 4.96 Å². The second-order valence-corrected chi connectivity index (χ2v) is 5.97. The van der Waals surface area contributed by atoms with Crippen molar-refractivity contribution in [3.8, 4) is 11.4 Å². The van der Waals surface area contributed by atoms with E-state index in [0.717, 1.165) is 5.01 Å². The molecule has 0 amide bonds. The highest BCUT2D eigenvalue weighted by Crippen LogP contribution is 2.27. The Labute approximate surface area is 132 Å². The van der Waals surface area contributed by atoms with Crippen molar-refractivity contribution in [2.45, 2.75) is 6.54 Å². The van der Waals surface area contributed by atoms with Crippen molar-refractivity contribution in [1.29, 1.82) is 0 Å². The number of halogens is 2. The summed E-state index contributed by atoms with van der Waals surface area (Å²) in [5.74, 6) is -0.196. The minimum atomic E-state index is -0.528. The van der Waals surface area contributed by atoms with Crippen molar-refractivity contribution in [1.82, 2.24) is 29.6 Å². The van der Waals surface area contributed by atoms with E-state index in [4.69, 9.17) is 11.6 Å². The van der Waals surface area contributed by atoms with Gasteiger partial charge in [-0.2, -0.15) is 14.7 Å². The van der Waals surface area contributed by atoms with Crippen molar-refractivity contribution in [2.24, 2.45) is 0 Å². The molecule has 0 N–H and O–H groups in total. The van der Waals surface area contributed by atoms with E-state index in [1.807, 2.05) is 12.3 Å². The smallest absolute Gasteiger partial charge is 0.235 e. The Morgan fingerprint density at radius 1 is 1.23 bits per heavy atom. The fraction of sp³-hybridized carbons (Fsp3) is 0.0769. The molecule has 0 radical (unpaired) electrons. The summed E-state index contributed by atoms with van der Waals surface area (Å²) in [5, 5.41) is 17.5. The van der Waals surface area contributed by atoms with E-state index >= 15 is 0 Å². The molecule has 0 aliphatic rings. The molecule has 22 heavy (non-hydrogen) atoms. The first-order valence-corrected chi connectivity index (χ1v) is 7.55. The zero-order valence-corrected chi connectivity index (χ0v) is 12.6. The first-order valence-electron chi connectivity index (χ1n) is 6.35. The second kappa shape index (κ2) is 5.15. The van der Waals surface area contributed by atoms with Crippen molar-refractivity contribution >= 4 is 27.9 Å². The largest absolute Gasteiger partial charge is 0.266 e. The van der Waals surface area contributed by atoms with Gasteiger partial charge < -0.3 is 0 Å². The third-order valence-electron chi connectivity index (χ3n) is 3.08. The predicted molar refractivity (Wildman–Crippen MR) is 80.4 cm³/mol. The molecular formula is C13H8ClFN6S. The van der Waals surface area contributed by atoms with Crippen LogP contribution in [0.4, 0.5) is 4.39 Å². The van der Waals surface area contributed by atoms with E-state index in [2.05, 4.69) is 20.4 Å². The zero-order valence-electron chi connectivity index (χ0n) is 11.0. The number of hydrogen-bond acceptors (Lipinski definition) is 5. The number of benzene rings is 1. The Bertz CT molecular complexity index is 945. The molecule has 9 heteroatoms. The molecule has 1 aromatic carbocycles. The summed E-state index contributed by atoms with van der Waals surface area (Å²) < 4.78 is 17.4. The Morgan fingerprint density at radius 2 is 2.14 bits per heavy atom. The molecule has 0 unspecified atom stereocenters. The maximum atomic E-state index is 14.2. The van der Waals surface area contributed by atoms with E-state index < -0.39 is 5.82 Å². The van der Waals surface area contributed by atoms with Gasteiger partial charge in [-0.3, -0.25) is 4.68 Å². The first kappa shape index (κ1) is 13.4. The Hall–Kier alpha value is -2.32. The normalized spacial score (nSPS) is 11.4. The summed E-state index contributed by atoms with van der Waals surface area (Å²) in [6.07, 6.45) is 3.55. The summed E-state index contributed by atoms with van der Waals surface area (Å²) in [4.78, 5) is 0.594. The van der Waals surface area contributed by atoms with E-state index in [-0.39, 0.29) is 10.6 Å². The predicted octanol–water partition coefficient (Wildman–Crippen LogP) is 2.89. The van der Waals surface area contributed by atoms with Crippen LogP contribution in [0.5, 0.6) is 0 Å². The third kappa shape index (κ3) is 2.16. The fourth-order valence-electron chi connectivity index (χ4n) is 2.10. The van der Waals surface area contributed by atoms with Crippen LogP contribution >= 0.6 is 22.9 Å². The lowest BCUT2D eigenvalue weighted by Gasteiger charge is -2.01. The van der Waals surface area contributed by atoms with Gasteiger partial charge in [0.05, 0.1) is 17.1 Å². The fourth-order valence-corrected chi connectivity index (χ4v) is 3.10. The van der Waals surface area contributed by atoms with Crippen LogP contribution in [0, 0.1) is 5.82 Å². The molecule has 0 atom stereocenters. The van der Waals surface area contributed by atoms with E-state index in [1.165, 1.54) is 21.9 Å². The van der Waals surface area contributed by atoms with Crippen LogP contribution in [0.15, 0.2) is 36.7 Å². The number of fused-ring (bicyclic) bond motifs is 1. The number of aromatic nitrogens is 6. The molecule has 0 saturated heterocycles. The lowest BCUT2D eigenvalue weighted by molar-refractivity contribution is 0.629. The Balaban J connectivity index is 1.79. The van der Waals surface area contributed by atoms with Gasteiger partial charge in [-0.25, -0.2) is 4.39 Å². The molecule has 0 aliphatic heterocycles. The van der Waals surface area contributed by atoms with Crippen LogP contribution < -0.4 is 0 Å². The quantitative estimate of drug-likeness (QED) is 0.578. The molecule has 3 heterocycles. The van der Waals surface area contributed by atoms with Gasteiger partial charge in [0.25, 0.3) is 0 Å². The molecule has 3 aromatic heterocycles. The molecule has 110 valence electrons. The van der Waals surface area contributed by atoms with Crippen molar-refractivity contribution < 1.29 is 4.39 Å². The monoisotopic (exact) mass is 334 g/mol. The van der Waals surface area contributed by atoms with Crippen LogP contribution in [-0.2, 0) is 6.54 Å². The van der Waals surface area contributed by atoms with Gasteiger partial charge in [-0.15, -0.1) is 10.2 Å². The van der Waals surface area contributed by atoms with Crippen LogP contribution in [0.2, 0.25) is 5.02 Å². The molecule has 4 aromatic rings. The minimum absolute atomic E-state index is 0.0428. The average Bonchev–Trinajstić information content (AvgIpc) is 3.20. The highest BCUT2D eigenvalue weighted by Gasteiger charge is 2.17. The molecule has 0 saturated carbocycles. The molecular weight excluding hydrogens is 327 g/mol. The minimum Gasteiger partial charge on any atom is -0.266 e. The molecule has 6 nitrogen and oxygen atoms in total. The van der Waals surface area contributed by atoms with Crippen LogP contribution in [-0.4, -0.2) is 29.6 Å². The van der Waals surface area contributed by atoms with E-state index in [1.54, 1.807) is 23.0 Å². The van der Waals surface area contributed by atoms with E-state index in [9.17, 15) is 4.39 Å². The molecule has 0 bridgehead atoms. The number of rotatable bonds is 3. The third-order valence-corrected chi connectivity index (χ3v) is 4.26. The summed E-state index contributed by atoms with van der Waals surface area (Å²) in [7, 11) is 0. The molecule has 0 spiro atoms. The van der Waals surface area contributed by atoms with Crippen LogP contribution in [0.3, 0.4) is 0 Å². The lowest BCUT2D eigenvalue weighted by Crippen LogP contribution is -2.01. The first-order chi connectivity index (χ1) is 10.7. The maximum Gasteiger partial charge on any atom is 0.235 e. The summed E-state index contributed by atoms with van der Waals surface area (Å²) in [5.41, 5.74) is 0.274. The topological polar surface area (TPSA) is 60.9 Å². The van der Waals surface area contributed by atoms with E-state index in [0.29, 0.717) is 17.3 Å². The van der Waals surface area contributed by atoms with Gasteiger partial charge in [0.15, 0.2) is 11.6 Å². The maximum absolute atomic E-state index is 14.2. The van der Waals surface area contributed by atoms with Gasteiger partial charge >= 0.3 is 0 Å². The molecule has 0 fully saturated rings. The summed E-state index contributed by atoms with van der Waals surface area (Å²) in [6.45, 7) is 0.526. The average molecular weight is 335 g/mol. The van der Waals surface area contributed by atoms with Crippen molar-refractivity contribution in [3.05, 3.63) is 52.5 Å². The highest BCUT2D eigenvalue weighted by molar-refractivity contribution is 7.16. The van der Waals surface area contributed by atoms with Gasteiger partial charge in [0.1, 0.15) is 5.01 Å².